The van der Waals surface area contributed by atoms with E-state index in [-0.39, 0.29) is 11.9 Å². The fraction of sp³-hybridized carbons (Fsp3) is 0.278. The highest BCUT2D eigenvalue weighted by Gasteiger charge is 2.15. The van der Waals surface area contributed by atoms with Crippen LogP contribution < -0.4 is 5.32 Å². The highest BCUT2D eigenvalue weighted by molar-refractivity contribution is 5.31. The van der Waals surface area contributed by atoms with Crippen molar-refractivity contribution in [2.24, 2.45) is 5.92 Å². The van der Waals surface area contributed by atoms with Gasteiger partial charge < -0.3 is 5.32 Å². The van der Waals surface area contributed by atoms with Crippen LogP contribution in [0.1, 0.15) is 36.6 Å². The Kier molecular flexibility index (Phi) is 5.08. The number of rotatable bonds is 5. The van der Waals surface area contributed by atoms with Gasteiger partial charge in [-0.15, -0.1) is 0 Å². The molecule has 2 aromatic carbocycles. The first-order valence-electron chi connectivity index (χ1n) is 7.08. The summed E-state index contributed by atoms with van der Waals surface area (Å²) >= 11 is 0. The summed E-state index contributed by atoms with van der Waals surface area (Å²) < 4.78 is 13.0. The summed E-state index contributed by atoms with van der Waals surface area (Å²) in [5.41, 5.74) is 2.87. The number of benzene rings is 2. The van der Waals surface area contributed by atoms with Crippen LogP contribution in [0.25, 0.3) is 0 Å². The summed E-state index contributed by atoms with van der Waals surface area (Å²) in [5, 5.41) is 12.3. The molecular weight excluding hydrogens is 263 g/mol. The lowest BCUT2D eigenvalue weighted by atomic mass is 9.95. The van der Waals surface area contributed by atoms with Crippen molar-refractivity contribution in [1.29, 1.82) is 5.26 Å². The van der Waals surface area contributed by atoms with Crippen LogP contribution in [-0.4, -0.2) is 0 Å². The maximum Gasteiger partial charge on any atom is 0.123 e. The molecule has 1 N–H and O–H groups in total. The predicted octanol–water partition coefficient (Wildman–Crippen LogP) is 4.18. The minimum atomic E-state index is -0.214. The normalized spacial score (nSPS) is 12.1. The Morgan fingerprint density at radius 2 is 1.67 bits per heavy atom. The number of nitrogens with zero attached hydrogens (tertiary/aromatic N) is 1. The van der Waals surface area contributed by atoms with Crippen LogP contribution in [-0.2, 0) is 6.54 Å². The van der Waals surface area contributed by atoms with Gasteiger partial charge in [0.05, 0.1) is 11.6 Å². The predicted molar refractivity (Wildman–Crippen MR) is 82.0 cm³/mol. The number of nitrogens with one attached hydrogen (secondary N) is 1. The monoisotopic (exact) mass is 282 g/mol. The zero-order chi connectivity index (χ0) is 15.2. The lowest BCUT2D eigenvalue weighted by molar-refractivity contribution is 0.410. The molecule has 1 atom stereocenters. The second kappa shape index (κ2) is 7.01. The fourth-order valence-corrected chi connectivity index (χ4v) is 2.33. The zero-order valence-electron chi connectivity index (χ0n) is 12.3. The van der Waals surface area contributed by atoms with E-state index in [2.05, 4.69) is 25.2 Å². The Bertz CT molecular complexity index is 609. The minimum absolute atomic E-state index is 0.168. The third-order valence-corrected chi connectivity index (χ3v) is 3.50. The Morgan fingerprint density at radius 3 is 2.19 bits per heavy atom. The molecule has 0 saturated carbocycles. The summed E-state index contributed by atoms with van der Waals surface area (Å²) in [6, 6.07) is 16.5. The van der Waals surface area contributed by atoms with Gasteiger partial charge in [-0.1, -0.05) is 38.1 Å². The van der Waals surface area contributed by atoms with E-state index in [0.29, 0.717) is 18.0 Å². The van der Waals surface area contributed by atoms with Crippen molar-refractivity contribution in [2.75, 3.05) is 0 Å². The largest absolute Gasteiger partial charge is 0.306 e. The van der Waals surface area contributed by atoms with Crippen molar-refractivity contribution in [3.05, 3.63) is 71.0 Å². The summed E-state index contributed by atoms with van der Waals surface area (Å²) in [7, 11) is 0. The van der Waals surface area contributed by atoms with Crippen molar-refractivity contribution in [3.8, 4) is 6.07 Å². The van der Waals surface area contributed by atoms with Crippen LogP contribution >= 0.6 is 0 Å². The maximum absolute atomic E-state index is 13.0. The van der Waals surface area contributed by atoms with Gasteiger partial charge in [0.2, 0.25) is 0 Å². The lowest BCUT2D eigenvalue weighted by Gasteiger charge is -2.23. The quantitative estimate of drug-likeness (QED) is 0.892. The van der Waals surface area contributed by atoms with Crippen LogP contribution in [0.5, 0.6) is 0 Å². The van der Waals surface area contributed by atoms with Gasteiger partial charge in [-0.25, -0.2) is 4.39 Å². The number of hydrogen-bond acceptors (Lipinski definition) is 2. The van der Waals surface area contributed by atoms with E-state index in [1.165, 1.54) is 12.1 Å². The third-order valence-electron chi connectivity index (χ3n) is 3.50. The van der Waals surface area contributed by atoms with Gasteiger partial charge in [-0.2, -0.15) is 5.26 Å². The molecule has 108 valence electrons. The molecule has 2 rings (SSSR count). The van der Waals surface area contributed by atoms with Crippen molar-refractivity contribution < 1.29 is 4.39 Å². The Balaban J connectivity index is 2.06. The van der Waals surface area contributed by atoms with Crippen LogP contribution in [0, 0.1) is 23.1 Å². The minimum Gasteiger partial charge on any atom is -0.306 e. The average Bonchev–Trinajstić information content (AvgIpc) is 2.49. The fourth-order valence-electron chi connectivity index (χ4n) is 2.33. The Hall–Kier alpha value is -2.18. The number of hydrogen-bond donors (Lipinski definition) is 1. The van der Waals surface area contributed by atoms with Gasteiger partial charge in [0.1, 0.15) is 5.82 Å². The second-order valence-corrected chi connectivity index (χ2v) is 5.46. The van der Waals surface area contributed by atoms with Crippen molar-refractivity contribution in [1.82, 2.24) is 5.32 Å². The lowest BCUT2D eigenvalue weighted by Crippen LogP contribution is -2.25. The highest BCUT2D eigenvalue weighted by atomic mass is 19.1. The van der Waals surface area contributed by atoms with Crippen LogP contribution in [0.2, 0.25) is 0 Å². The topological polar surface area (TPSA) is 35.8 Å². The molecule has 0 bridgehead atoms. The van der Waals surface area contributed by atoms with E-state index < -0.39 is 0 Å². The first-order valence-corrected chi connectivity index (χ1v) is 7.08. The molecule has 0 aromatic heterocycles. The molecule has 2 aromatic rings. The summed E-state index contributed by atoms with van der Waals surface area (Å²) in [6.45, 7) is 4.99. The third kappa shape index (κ3) is 4.14. The highest BCUT2D eigenvalue weighted by Crippen LogP contribution is 2.22. The molecular formula is C18H19FN2. The summed E-state index contributed by atoms with van der Waals surface area (Å²) in [5.74, 6) is 0.183. The smallest absolute Gasteiger partial charge is 0.123 e. The number of nitriles is 1. The van der Waals surface area contributed by atoms with Crippen LogP contribution in [0.4, 0.5) is 4.39 Å². The summed E-state index contributed by atoms with van der Waals surface area (Å²) in [6.07, 6.45) is 0. The molecule has 3 heteroatoms. The molecule has 0 fully saturated rings. The van der Waals surface area contributed by atoms with E-state index in [1.807, 2.05) is 36.4 Å². The first kappa shape index (κ1) is 15.2. The van der Waals surface area contributed by atoms with Gasteiger partial charge in [-0.3, -0.25) is 0 Å². The van der Waals surface area contributed by atoms with Crippen molar-refractivity contribution >= 4 is 0 Å². The van der Waals surface area contributed by atoms with Crippen molar-refractivity contribution in [2.45, 2.75) is 26.4 Å². The molecule has 0 spiro atoms. The Labute approximate surface area is 125 Å². The van der Waals surface area contributed by atoms with Crippen LogP contribution in [0.15, 0.2) is 48.5 Å². The molecule has 0 aliphatic carbocycles. The van der Waals surface area contributed by atoms with E-state index in [9.17, 15) is 4.39 Å². The van der Waals surface area contributed by atoms with Gasteiger partial charge in [0.25, 0.3) is 0 Å². The van der Waals surface area contributed by atoms with Gasteiger partial charge >= 0.3 is 0 Å². The van der Waals surface area contributed by atoms with Gasteiger partial charge in [0.15, 0.2) is 0 Å². The molecule has 21 heavy (non-hydrogen) atoms. The molecule has 2 nitrogen and oxygen atoms in total. The molecule has 1 unspecified atom stereocenters. The molecule has 0 amide bonds. The SMILES string of the molecule is CC(C)C(NCc1ccc(C#N)cc1)c1ccc(F)cc1. The second-order valence-electron chi connectivity index (χ2n) is 5.46. The maximum atomic E-state index is 13.0. The first-order chi connectivity index (χ1) is 10.1. The van der Waals surface area contributed by atoms with E-state index in [0.717, 1.165) is 11.1 Å². The van der Waals surface area contributed by atoms with E-state index in [4.69, 9.17) is 5.26 Å². The Morgan fingerprint density at radius 1 is 1.05 bits per heavy atom. The molecule has 0 aliphatic rings. The zero-order valence-corrected chi connectivity index (χ0v) is 12.3. The molecule has 0 radical (unpaired) electrons. The van der Waals surface area contributed by atoms with Gasteiger partial charge in [-0.05, 0) is 41.3 Å². The number of halogens is 1. The average molecular weight is 282 g/mol. The van der Waals surface area contributed by atoms with Crippen molar-refractivity contribution in [3.63, 3.8) is 0 Å². The summed E-state index contributed by atoms with van der Waals surface area (Å²) in [4.78, 5) is 0. The van der Waals surface area contributed by atoms with Gasteiger partial charge in [0, 0.05) is 12.6 Å². The molecule has 0 saturated heterocycles. The molecule has 0 aliphatic heterocycles. The van der Waals surface area contributed by atoms with Crippen LogP contribution in [0.3, 0.4) is 0 Å². The molecule has 0 heterocycles. The standard InChI is InChI=1S/C18H19FN2/c1-13(2)18(16-7-9-17(19)10-8-16)21-12-15-5-3-14(11-20)4-6-15/h3-10,13,18,21H,12H2,1-2H3. The van der Waals surface area contributed by atoms with E-state index >= 15 is 0 Å². The van der Waals surface area contributed by atoms with E-state index in [1.54, 1.807) is 0 Å².